The fourth-order valence-corrected chi connectivity index (χ4v) is 18.1. The number of methoxy groups -OCH3 is 1. The second-order valence-electron chi connectivity index (χ2n) is 14.5. The number of hydrogen-bond acceptors (Lipinski definition) is 12. The minimum atomic E-state index is -2.99. The molecule has 4 heterocycles. The summed E-state index contributed by atoms with van der Waals surface area (Å²) in [5.41, 5.74) is 0.725. The van der Waals surface area contributed by atoms with Gasteiger partial charge < -0.3 is 27.2 Å². The van der Waals surface area contributed by atoms with Crippen LogP contribution in [0.5, 0.6) is 11.6 Å². The lowest BCUT2D eigenvalue weighted by molar-refractivity contribution is -0.385. The van der Waals surface area contributed by atoms with Crippen LogP contribution in [0.2, 0.25) is 22.2 Å². The monoisotopic (exact) mass is 730 g/mol. The molecule has 274 valence electrons. The van der Waals surface area contributed by atoms with Gasteiger partial charge in [-0.15, -0.1) is 0 Å². The first-order valence-corrected chi connectivity index (χ1v) is 21.2. The van der Waals surface area contributed by atoms with Gasteiger partial charge in [-0.1, -0.05) is 81.4 Å². The Labute approximate surface area is 295 Å². The third kappa shape index (κ3) is 6.83. The van der Waals surface area contributed by atoms with E-state index in [2.05, 4.69) is 75.7 Å². The number of rotatable bonds is 11. The Bertz CT molecular complexity index is 1690. The third-order valence-corrected chi connectivity index (χ3v) is 19.8. The maximum atomic E-state index is 12.8. The van der Waals surface area contributed by atoms with Crippen molar-refractivity contribution in [3.8, 4) is 11.6 Å². The van der Waals surface area contributed by atoms with Gasteiger partial charge in [0.25, 0.3) is 5.88 Å². The van der Waals surface area contributed by atoms with Crippen LogP contribution < -0.4 is 10.1 Å². The number of amides is 1. The lowest BCUT2D eigenvalue weighted by Gasteiger charge is -2.51. The molecule has 4 atom stereocenters. The van der Waals surface area contributed by atoms with Crippen LogP contribution in [-0.4, -0.2) is 79.5 Å². The number of hydrogen-bond donors (Lipinski definition) is 1. The molecule has 2 aliphatic heterocycles. The number of carbonyl (C=O) groups excluding carboxylic acids is 1. The topological polar surface area (TPSA) is 171 Å². The molecule has 2 aliphatic rings. The standard InChI is InChI=1S/C33H50N6O9Si2/c1-18(2)30(40)36-33-35-29-26(31(37-33)45-24-15-13-12-14-23(24)39(41)42)34-17-38(29)32-28(43-11)27-25(46-32)16-44-49(19(3)4,20(5)6)48-50(47-27,21(7)8)22(9)10/h12-15,17-22,25,27-28,32H,16H2,1-11H3,(H,35,36,37,40)/t25-,27-,28-,32-/m1/s1. The SMILES string of the molecule is CO[C@@H]1[C@@H]2O[Si](C(C)C)(C(C)C)O[Si](C(C)C)(C(C)C)OC[C@H]2O[C@H]1n1cnc2c(Oc3ccccc3[N+](=O)[O-])nc(NC(=O)C(C)C)nc21. The highest BCUT2D eigenvalue weighted by Crippen LogP contribution is 2.49. The maximum absolute atomic E-state index is 12.8. The average Bonchev–Trinajstić information content (AvgIpc) is 3.61. The number of fused-ring (bicyclic) bond motifs is 2. The summed E-state index contributed by atoms with van der Waals surface area (Å²) < 4.78 is 42.2. The molecule has 0 unspecified atom stereocenters. The Hall–Kier alpha value is -3.33. The number of nitro benzene ring substituents is 1. The summed E-state index contributed by atoms with van der Waals surface area (Å²) in [6.45, 7) is 21.0. The smallest absolute Gasteiger partial charge is 0.335 e. The van der Waals surface area contributed by atoms with Crippen LogP contribution in [-0.2, 0) is 27.2 Å². The molecule has 3 aromatic rings. The number of aromatic nitrogens is 4. The first kappa shape index (κ1) is 37.9. The lowest BCUT2D eigenvalue weighted by Crippen LogP contribution is -2.65. The van der Waals surface area contributed by atoms with Gasteiger partial charge in [-0.2, -0.15) is 9.97 Å². The molecule has 2 fully saturated rings. The third-order valence-electron chi connectivity index (χ3n) is 9.58. The van der Waals surface area contributed by atoms with Crippen molar-refractivity contribution >= 4 is 45.8 Å². The molecule has 50 heavy (non-hydrogen) atoms. The highest BCUT2D eigenvalue weighted by molar-refractivity contribution is 6.84. The van der Waals surface area contributed by atoms with Gasteiger partial charge in [0.2, 0.25) is 17.6 Å². The number of carbonyl (C=O) groups is 1. The van der Waals surface area contributed by atoms with Crippen LogP contribution in [0.25, 0.3) is 11.2 Å². The van der Waals surface area contributed by atoms with Gasteiger partial charge >= 0.3 is 22.8 Å². The van der Waals surface area contributed by atoms with Crippen LogP contribution in [0.4, 0.5) is 11.6 Å². The highest BCUT2D eigenvalue weighted by Gasteiger charge is 2.62. The normalized spacial score (nSPS) is 23.4. The van der Waals surface area contributed by atoms with Crippen molar-refractivity contribution in [1.82, 2.24) is 19.5 Å². The van der Waals surface area contributed by atoms with E-state index in [0.29, 0.717) is 0 Å². The number of benzene rings is 1. The van der Waals surface area contributed by atoms with E-state index in [1.807, 2.05) is 0 Å². The summed E-state index contributed by atoms with van der Waals surface area (Å²) in [6.07, 6.45) is -0.947. The van der Waals surface area contributed by atoms with Crippen LogP contribution >= 0.6 is 0 Å². The van der Waals surface area contributed by atoms with E-state index in [9.17, 15) is 14.9 Å². The van der Waals surface area contributed by atoms with Crippen molar-refractivity contribution in [2.75, 3.05) is 19.0 Å². The number of nitro groups is 1. The maximum Gasteiger partial charge on any atom is 0.335 e. The number of ether oxygens (including phenoxy) is 3. The fourth-order valence-electron chi connectivity index (χ4n) is 6.85. The molecular formula is C33H50N6O9Si2. The summed E-state index contributed by atoms with van der Waals surface area (Å²) in [7, 11) is -4.21. The van der Waals surface area contributed by atoms with Crippen LogP contribution in [0, 0.1) is 16.0 Å². The molecule has 2 saturated heterocycles. The Morgan fingerprint density at radius 2 is 1.64 bits per heavy atom. The molecule has 5 rings (SSSR count). The summed E-state index contributed by atoms with van der Waals surface area (Å²) in [5.74, 6) is -0.883. The van der Waals surface area contributed by atoms with Crippen molar-refractivity contribution in [2.24, 2.45) is 5.92 Å². The van der Waals surface area contributed by atoms with Gasteiger partial charge in [-0.3, -0.25) is 24.8 Å². The van der Waals surface area contributed by atoms with Crippen molar-refractivity contribution in [1.29, 1.82) is 0 Å². The number of nitrogens with zero attached hydrogens (tertiary/aromatic N) is 5. The molecule has 1 N–H and O–H groups in total. The number of nitrogens with one attached hydrogen (secondary N) is 1. The molecule has 1 aromatic carbocycles. The van der Waals surface area contributed by atoms with E-state index in [-0.39, 0.29) is 75.0 Å². The highest BCUT2D eigenvalue weighted by atomic mass is 28.5. The Kier molecular flexibility index (Phi) is 11.2. The molecule has 17 heteroatoms. The second kappa shape index (κ2) is 14.7. The fraction of sp³-hybridized carbons (Fsp3) is 0.636. The van der Waals surface area contributed by atoms with Gasteiger partial charge in [-0.05, 0) is 28.2 Å². The quantitative estimate of drug-likeness (QED) is 0.122. The minimum absolute atomic E-state index is 0.0456. The number of para-hydroxylation sites is 2. The van der Waals surface area contributed by atoms with E-state index in [4.69, 9.17) is 27.2 Å². The Morgan fingerprint density at radius 3 is 2.22 bits per heavy atom. The number of anilines is 1. The first-order valence-electron chi connectivity index (χ1n) is 17.2. The largest absolute Gasteiger partial charge is 0.429 e. The molecule has 1 amide bonds. The van der Waals surface area contributed by atoms with Gasteiger partial charge in [-0.25, -0.2) is 4.98 Å². The van der Waals surface area contributed by atoms with Crippen molar-refractivity contribution < 1.29 is 36.9 Å². The van der Waals surface area contributed by atoms with E-state index in [1.165, 1.54) is 24.5 Å². The van der Waals surface area contributed by atoms with Crippen LogP contribution in [0.3, 0.4) is 0 Å². The van der Waals surface area contributed by atoms with E-state index >= 15 is 0 Å². The predicted octanol–water partition coefficient (Wildman–Crippen LogP) is 6.99. The van der Waals surface area contributed by atoms with Crippen molar-refractivity contribution in [3.63, 3.8) is 0 Å². The molecule has 15 nitrogen and oxygen atoms in total. The van der Waals surface area contributed by atoms with E-state index < -0.39 is 46.6 Å². The molecule has 0 aliphatic carbocycles. The van der Waals surface area contributed by atoms with Crippen LogP contribution in [0.1, 0.15) is 75.5 Å². The molecule has 0 radical (unpaired) electrons. The summed E-state index contributed by atoms with van der Waals surface area (Å²) in [6, 6.07) is 5.94. The summed E-state index contributed by atoms with van der Waals surface area (Å²) in [4.78, 5) is 37.7. The molecule has 0 spiro atoms. The number of imidazole rings is 1. The lowest BCUT2D eigenvalue weighted by atomic mass is 10.1. The van der Waals surface area contributed by atoms with Crippen molar-refractivity contribution in [2.45, 2.75) is 116 Å². The summed E-state index contributed by atoms with van der Waals surface area (Å²) in [5, 5.41) is 14.5. The Morgan fingerprint density at radius 1 is 1.00 bits per heavy atom. The average molecular weight is 731 g/mol. The Balaban J connectivity index is 1.63. The summed E-state index contributed by atoms with van der Waals surface area (Å²) >= 11 is 0. The van der Waals surface area contributed by atoms with E-state index in [0.717, 1.165) is 0 Å². The molecular weight excluding hydrogens is 681 g/mol. The van der Waals surface area contributed by atoms with Gasteiger partial charge in [0.1, 0.15) is 18.3 Å². The van der Waals surface area contributed by atoms with Gasteiger partial charge in [0.05, 0.1) is 17.9 Å². The molecule has 0 bridgehead atoms. The second-order valence-corrected chi connectivity index (χ2v) is 23.3. The minimum Gasteiger partial charge on any atom is -0.429 e. The molecule has 0 saturated carbocycles. The van der Waals surface area contributed by atoms with Crippen molar-refractivity contribution in [3.05, 3.63) is 40.7 Å². The zero-order valence-corrected chi connectivity index (χ0v) is 32.7. The zero-order chi connectivity index (χ0) is 36.7. The van der Waals surface area contributed by atoms with Gasteiger partial charge in [0.15, 0.2) is 17.4 Å². The van der Waals surface area contributed by atoms with E-state index in [1.54, 1.807) is 31.6 Å². The van der Waals surface area contributed by atoms with Gasteiger partial charge in [0, 0.05) is 19.1 Å². The molecule has 2 aromatic heterocycles. The van der Waals surface area contributed by atoms with Crippen LogP contribution in [0.15, 0.2) is 30.6 Å². The predicted molar refractivity (Wildman–Crippen MR) is 190 cm³/mol. The zero-order valence-electron chi connectivity index (χ0n) is 30.7. The first-order chi connectivity index (χ1) is 23.6.